The van der Waals surface area contributed by atoms with E-state index in [9.17, 15) is 24.3 Å². The normalized spacial score (nSPS) is 27.5. The summed E-state index contributed by atoms with van der Waals surface area (Å²) in [6, 6.07) is 4.35. The van der Waals surface area contributed by atoms with Crippen molar-refractivity contribution in [3.63, 3.8) is 0 Å². The van der Waals surface area contributed by atoms with E-state index < -0.39 is 29.7 Å². The molecule has 4 aliphatic rings. The summed E-state index contributed by atoms with van der Waals surface area (Å²) in [5.41, 5.74) is -0.430. The van der Waals surface area contributed by atoms with Gasteiger partial charge in [-0.2, -0.15) is 4.58 Å². The fraction of sp³-hybridized carbons (Fsp3) is 0.320. The second-order valence-electron chi connectivity index (χ2n) is 8.85. The van der Waals surface area contributed by atoms with E-state index in [1.165, 1.54) is 29.9 Å². The van der Waals surface area contributed by atoms with Crippen molar-refractivity contribution in [1.82, 2.24) is 20.9 Å². The van der Waals surface area contributed by atoms with Gasteiger partial charge in [0.25, 0.3) is 11.4 Å². The van der Waals surface area contributed by atoms with Gasteiger partial charge in [-0.15, -0.1) is 0 Å². The number of fused-ring (bicyclic) bond motifs is 1. The summed E-state index contributed by atoms with van der Waals surface area (Å²) in [5.74, 6) is 5.14. The van der Waals surface area contributed by atoms with Crippen LogP contribution in [0.5, 0.6) is 5.75 Å². The van der Waals surface area contributed by atoms with Crippen molar-refractivity contribution in [2.45, 2.75) is 30.8 Å². The maximum Gasteiger partial charge on any atom is 0.420 e. The van der Waals surface area contributed by atoms with E-state index in [2.05, 4.69) is 27.8 Å². The summed E-state index contributed by atoms with van der Waals surface area (Å²) in [6.07, 6.45) is 3.28. The summed E-state index contributed by atoms with van der Waals surface area (Å²) in [5, 5.41) is 17.6. The Morgan fingerprint density at radius 3 is 2.68 bits per heavy atom. The molecule has 5 amide bonds. The maximum atomic E-state index is 13.1. The van der Waals surface area contributed by atoms with Crippen molar-refractivity contribution in [2.75, 3.05) is 20.8 Å². The van der Waals surface area contributed by atoms with Crippen LogP contribution in [0.4, 0.5) is 4.79 Å². The molecule has 3 unspecified atom stereocenters. The number of benzene rings is 1. The molecule has 2 fully saturated rings. The molecule has 12 nitrogen and oxygen atoms in total. The Bertz CT molecular complexity index is 1390. The number of likely N-dealkylation sites (tertiary alicyclic amines) is 1. The van der Waals surface area contributed by atoms with E-state index in [0.29, 0.717) is 17.1 Å². The molecule has 37 heavy (non-hydrogen) atoms. The highest BCUT2D eigenvalue weighted by Gasteiger charge is 2.49. The first kappa shape index (κ1) is 24.1. The minimum atomic E-state index is -1.84. The predicted octanol–water partition coefficient (Wildman–Crippen LogP) is -1.05. The third-order valence-electron chi connectivity index (χ3n) is 6.44. The van der Waals surface area contributed by atoms with Gasteiger partial charge < -0.3 is 30.1 Å². The van der Waals surface area contributed by atoms with Crippen LogP contribution in [0.1, 0.15) is 22.3 Å². The molecule has 4 aliphatic heterocycles. The molecule has 12 heteroatoms. The molecule has 2 saturated heterocycles. The van der Waals surface area contributed by atoms with Crippen molar-refractivity contribution in [3.05, 3.63) is 52.9 Å². The minimum Gasteiger partial charge on any atom is -0.497 e. The van der Waals surface area contributed by atoms with Gasteiger partial charge in [-0.05, 0) is 42.2 Å². The maximum absolute atomic E-state index is 13.1. The standard InChI is InChI=1S/C25H23N5O7/c1-36-16-4-3-14-11-29(22(33)17(14)10-16)13-25(23(34)27-24(35)28-25)8-7-18-19(37-2)5-6-20(26-18)30-12-15(31)9-21(30)32/h3-6,10,13,15,20,26,31H,9,11-12H2,1-2H3,(H-,27,28,34,35)/p+1. The second kappa shape index (κ2) is 9.11. The van der Waals surface area contributed by atoms with Crippen LogP contribution in [-0.2, 0) is 20.9 Å². The van der Waals surface area contributed by atoms with Gasteiger partial charge in [-0.25, -0.2) is 9.59 Å². The molecular weight excluding hydrogens is 482 g/mol. The number of amides is 5. The van der Waals surface area contributed by atoms with Crippen LogP contribution < -0.4 is 20.7 Å². The van der Waals surface area contributed by atoms with E-state index in [-0.39, 0.29) is 37.0 Å². The number of urea groups is 1. The van der Waals surface area contributed by atoms with Crippen LogP contribution in [-0.4, -0.2) is 83.1 Å². The van der Waals surface area contributed by atoms with Crippen LogP contribution in [0.3, 0.4) is 0 Å². The van der Waals surface area contributed by atoms with Crippen molar-refractivity contribution in [1.29, 1.82) is 0 Å². The minimum absolute atomic E-state index is 0.0241. The van der Waals surface area contributed by atoms with E-state index in [1.807, 2.05) is 0 Å². The Hall–Kier alpha value is -4.63. The molecule has 190 valence electrons. The number of rotatable bonds is 4. The van der Waals surface area contributed by atoms with Gasteiger partial charge in [0.1, 0.15) is 23.2 Å². The number of β-amino-alcohol motifs (C(OH)–C–C–N with tert-alkyl or cyclic N) is 1. The zero-order valence-electron chi connectivity index (χ0n) is 20.0. The average Bonchev–Trinajstić information content (AvgIpc) is 3.48. The number of hydrogen-bond acceptors (Lipinski definition) is 8. The van der Waals surface area contributed by atoms with Gasteiger partial charge in [0, 0.05) is 12.1 Å². The molecule has 0 aromatic heterocycles. The summed E-state index contributed by atoms with van der Waals surface area (Å²) in [6.45, 7) is 0.335. The number of aliphatic hydroxyl groups is 1. The van der Waals surface area contributed by atoms with Gasteiger partial charge in [-0.1, -0.05) is 0 Å². The Morgan fingerprint density at radius 1 is 1.22 bits per heavy atom. The molecule has 0 saturated carbocycles. The number of allylic oxidation sites excluding steroid dienone is 2. The second-order valence-corrected chi connectivity index (χ2v) is 8.85. The number of dihydropyridines is 1. The average molecular weight is 506 g/mol. The number of carbonyl (C=O) groups excluding carboxylic acids is 4. The summed E-state index contributed by atoms with van der Waals surface area (Å²) in [7, 11) is 2.94. The molecule has 3 atom stereocenters. The molecule has 0 bridgehead atoms. The fourth-order valence-electron chi connectivity index (χ4n) is 4.57. The third kappa shape index (κ3) is 4.30. The smallest absolute Gasteiger partial charge is 0.420 e. The van der Waals surface area contributed by atoms with Crippen molar-refractivity contribution < 1.29 is 38.3 Å². The van der Waals surface area contributed by atoms with Gasteiger partial charge in [-0.3, -0.25) is 14.9 Å². The molecular formula is C25H24N5O7+. The highest BCUT2D eigenvalue weighted by molar-refractivity contribution is 6.19. The van der Waals surface area contributed by atoms with Crippen LogP contribution in [0.2, 0.25) is 0 Å². The highest BCUT2D eigenvalue weighted by Crippen LogP contribution is 2.25. The number of carbonyl (C=O) groups is 4. The van der Waals surface area contributed by atoms with E-state index >= 15 is 0 Å². The van der Waals surface area contributed by atoms with Crippen LogP contribution >= 0.6 is 0 Å². The monoisotopic (exact) mass is 506 g/mol. The lowest BCUT2D eigenvalue weighted by Crippen LogP contribution is -2.50. The molecule has 1 aromatic rings. The van der Waals surface area contributed by atoms with Gasteiger partial charge in [0.05, 0.1) is 26.7 Å². The third-order valence-corrected chi connectivity index (χ3v) is 6.44. The molecule has 4 heterocycles. The molecule has 1 aromatic carbocycles. The lowest BCUT2D eigenvalue weighted by Gasteiger charge is -2.29. The van der Waals surface area contributed by atoms with Gasteiger partial charge >= 0.3 is 11.9 Å². The lowest BCUT2D eigenvalue weighted by atomic mass is 10.0. The van der Waals surface area contributed by atoms with Gasteiger partial charge in [0.15, 0.2) is 18.5 Å². The lowest BCUT2D eigenvalue weighted by molar-refractivity contribution is -0.434. The predicted molar refractivity (Wildman–Crippen MR) is 127 cm³/mol. The fourth-order valence-corrected chi connectivity index (χ4v) is 4.57. The zero-order chi connectivity index (χ0) is 26.3. The quantitative estimate of drug-likeness (QED) is 0.230. The molecule has 0 aliphatic carbocycles. The summed E-state index contributed by atoms with van der Waals surface area (Å²) >= 11 is 0. The SMILES string of the molecule is COC1=C(C#CC2(C=[N+]3Cc4ccc(OC)cc4C3=O)NC(=O)NC2=O)NC(N2CC(O)CC2=O)C=C1. The van der Waals surface area contributed by atoms with Crippen molar-refractivity contribution in [3.8, 4) is 17.6 Å². The zero-order valence-corrected chi connectivity index (χ0v) is 20.0. The molecule has 0 radical (unpaired) electrons. The summed E-state index contributed by atoms with van der Waals surface area (Å²) in [4.78, 5) is 51.8. The number of ether oxygens (including phenoxy) is 2. The van der Waals surface area contributed by atoms with E-state index in [1.54, 1.807) is 30.4 Å². The molecule has 4 N–H and O–H groups in total. The number of aliphatic hydroxyl groups excluding tert-OH is 1. The largest absolute Gasteiger partial charge is 0.497 e. The first-order valence-corrected chi connectivity index (χ1v) is 11.4. The number of nitrogens with zero attached hydrogens (tertiary/aromatic N) is 2. The number of nitrogens with one attached hydrogen (secondary N) is 3. The van der Waals surface area contributed by atoms with Crippen LogP contribution in [0, 0.1) is 11.8 Å². The topological polar surface area (TPSA) is 149 Å². The van der Waals surface area contributed by atoms with Gasteiger partial charge in [0.2, 0.25) is 5.91 Å². The van der Waals surface area contributed by atoms with Crippen molar-refractivity contribution in [2.24, 2.45) is 0 Å². The first-order chi connectivity index (χ1) is 17.7. The highest BCUT2D eigenvalue weighted by atomic mass is 16.5. The Balaban J connectivity index is 1.49. The molecule has 0 spiro atoms. The Morgan fingerprint density at radius 2 is 2.03 bits per heavy atom. The summed E-state index contributed by atoms with van der Waals surface area (Å²) < 4.78 is 11.9. The number of hydrogen-bond donors (Lipinski definition) is 4. The van der Waals surface area contributed by atoms with E-state index in [0.717, 1.165) is 5.56 Å². The Kier molecular flexibility index (Phi) is 5.93. The van der Waals surface area contributed by atoms with Crippen molar-refractivity contribution >= 4 is 30.0 Å². The number of methoxy groups -OCH3 is 2. The Labute approximate surface area is 211 Å². The van der Waals surface area contributed by atoms with Crippen LogP contribution in [0.15, 0.2) is 41.8 Å². The van der Waals surface area contributed by atoms with E-state index in [4.69, 9.17) is 9.47 Å². The molecule has 5 rings (SSSR count). The number of imide groups is 1. The first-order valence-electron chi connectivity index (χ1n) is 11.4. The van der Waals surface area contributed by atoms with Crippen LogP contribution in [0.25, 0.3) is 0 Å².